The Morgan fingerprint density at radius 1 is 1.21 bits per heavy atom. The third-order valence-electron chi connectivity index (χ3n) is 4.44. The number of carbonyl (C=O) groups excluding carboxylic acids is 2. The zero-order valence-electron chi connectivity index (χ0n) is 17.3. The first-order valence-electron chi connectivity index (χ1n) is 9.67. The summed E-state index contributed by atoms with van der Waals surface area (Å²) >= 11 is 0. The number of para-hydroxylation sites is 1. The summed E-state index contributed by atoms with van der Waals surface area (Å²) in [6, 6.07) is 8.98. The lowest BCUT2D eigenvalue weighted by Crippen LogP contribution is -2.47. The standard InChI is InChI=1S/C22H30N2O4/c1-6-7-11-17(16-13-15-10-8-9-12-18(15)23-14-16)19(20(25)27-5)24-21(26)28-22(2,3)4/h8-10,12-14,17,19H,6-7,11H2,1-5H3,(H,24,26). The number of nitrogens with one attached hydrogen (secondary N) is 1. The number of alkyl carbamates (subject to hydrolysis) is 1. The molecule has 2 rings (SSSR count). The van der Waals surface area contributed by atoms with Crippen LogP contribution in [-0.4, -0.2) is 35.8 Å². The van der Waals surface area contributed by atoms with Crippen molar-refractivity contribution >= 4 is 23.0 Å². The lowest BCUT2D eigenvalue weighted by Gasteiger charge is -2.28. The summed E-state index contributed by atoms with van der Waals surface area (Å²) in [7, 11) is 1.32. The molecule has 2 unspecified atom stereocenters. The van der Waals surface area contributed by atoms with E-state index in [1.165, 1.54) is 7.11 Å². The predicted octanol–water partition coefficient (Wildman–Crippen LogP) is 4.57. The van der Waals surface area contributed by atoms with E-state index in [1.807, 2.05) is 30.3 Å². The smallest absolute Gasteiger partial charge is 0.408 e. The van der Waals surface area contributed by atoms with Gasteiger partial charge in [-0.2, -0.15) is 0 Å². The lowest BCUT2D eigenvalue weighted by molar-refractivity contribution is -0.143. The molecular formula is C22H30N2O4. The maximum absolute atomic E-state index is 12.5. The molecule has 1 N–H and O–H groups in total. The molecule has 2 aromatic rings. The fourth-order valence-corrected chi connectivity index (χ4v) is 3.13. The van der Waals surface area contributed by atoms with E-state index in [4.69, 9.17) is 9.47 Å². The average Bonchev–Trinajstić information content (AvgIpc) is 2.65. The zero-order valence-corrected chi connectivity index (χ0v) is 17.3. The molecule has 0 aliphatic heterocycles. The second kappa shape index (κ2) is 9.53. The first kappa shape index (κ1) is 21.7. The summed E-state index contributed by atoms with van der Waals surface area (Å²) in [6.07, 6.45) is 3.72. The Balaban J connectivity index is 2.38. The van der Waals surface area contributed by atoms with Crippen molar-refractivity contribution in [3.8, 4) is 0 Å². The Hall–Kier alpha value is -2.63. The van der Waals surface area contributed by atoms with Crippen molar-refractivity contribution < 1.29 is 19.1 Å². The number of ether oxygens (including phenoxy) is 2. The highest BCUT2D eigenvalue weighted by atomic mass is 16.6. The van der Waals surface area contributed by atoms with Crippen LogP contribution in [0.5, 0.6) is 0 Å². The Morgan fingerprint density at radius 3 is 2.57 bits per heavy atom. The number of unbranched alkanes of at least 4 members (excludes halogenated alkanes) is 1. The monoisotopic (exact) mass is 386 g/mol. The van der Waals surface area contributed by atoms with Crippen LogP contribution in [-0.2, 0) is 14.3 Å². The van der Waals surface area contributed by atoms with Crippen LogP contribution in [0.3, 0.4) is 0 Å². The third kappa shape index (κ3) is 5.94. The lowest BCUT2D eigenvalue weighted by atomic mass is 9.87. The van der Waals surface area contributed by atoms with E-state index in [-0.39, 0.29) is 5.92 Å². The molecule has 152 valence electrons. The molecule has 1 aromatic carbocycles. The van der Waals surface area contributed by atoms with Gasteiger partial charge in [0, 0.05) is 17.5 Å². The fourth-order valence-electron chi connectivity index (χ4n) is 3.13. The summed E-state index contributed by atoms with van der Waals surface area (Å²) in [5, 5.41) is 3.70. The van der Waals surface area contributed by atoms with Gasteiger partial charge < -0.3 is 14.8 Å². The zero-order chi connectivity index (χ0) is 20.7. The number of hydrogen-bond donors (Lipinski definition) is 1. The topological polar surface area (TPSA) is 77.5 Å². The molecule has 1 amide bonds. The minimum Gasteiger partial charge on any atom is -0.467 e. The highest BCUT2D eigenvalue weighted by molar-refractivity contribution is 5.83. The second-order valence-corrected chi connectivity index (χ2v) is 7.86. The molecule has 0 saturated carbocycles. The van der Waals surface area contributed by atoms with Crippen molar-refractivity contribution in [2.45, 2.75) is 64.5 Å². The number of nitrogens with zero attached hydrogens (tertiary/aromatic N) is 1. The molecule has 28 heavy (non-hydrogen) atoms. The van der Waals surface area contributed by atoms with Crippen LogP contribution in [0.15, 0.2) is 36.5 Å². The number of benzene rings is 1. The molecule has 6 nitrogen and oxygen atoms in total. The Labute approximate surface area is 166 Å². The summed E-state index contributed by atoms with van der Waals surface area (Å²) in [5.41, 5.74) is 1.11. The van der Waals surface area contributed by atoms with Gasteiger partial charge in [-0.05, 0) is 44.9 Å². The molecule has 2 atom stereocenters. The Morgan fingerprint density at radius 2 is 1.93 bits per heavy atom. The van der Waals surface area contributed by atoms with Crippen LogP contribution in [0.25, 0.3) is 10.9 Å². The number of hydrogen-bond acceptors (Lipinski definition) is 5. The first-order valence-corrected chi connectivity index (χ1v) is 9.67. The van der Waals surface area contributed by atoms with Crippen molar-refractivity contribution in [3.05, 3.63) is 42.1 Å². The molecule has 0 fully saturated rings. The number of carbonyl (C=O) groups is 2. The maximum Gasteiger partial charge on any atom is 0.408 e. The quantitative estimate of drug-likeness (QED) is 0.705. The molecule has 0 aliphatic rings. The molecule has 1 aromatic heterocycles. The summed E-state index contributed by atoms with van der Waals surface area (Å²) in [5.74, 6) is -0.767. The number of esters is 1. The summed E-state index contributed by atoms with van der Waals surface area (Å²) in [4.78, 5) is 29.4. The van der Waals surface area contributed by atoms with Crippen molar-refractivity contribution in [2.24, 2.45) is 0 Å². The van der Waals surface area contributed by atoms with Crippen LogP contribution < -0.4 is 5.32 Å². The minimum atomic E-state index is -0.852. The normalized spacial score (nSPS) is 13.6. The molecule has 0 radical (unpaired) electrons. The van der Waals surface area contributed by atoms with Gasteiger partial charge in [0.05, 0.1) is 12.6 Å². The average molecular weight is 386 g/mol. The van der Waals surface area contributed by atoms with Crippen LogP contribution in [0.1, 0.15) is 58.4 Å². The number of pyridine rings is 1. The SMILES string of the molecule is CCCCC(c1cnc2ccccc2c1)C(NC(=O)OC(C)(C)C)C(=O)OC. The largest absolute Gasteiger partial charge is 0.467 e. The van der Waals surface area contributed by atoms with Gasteiger partial charge in [-0.15, -0.1) is 0 Å². The first-order chi connectivity index (χ1) is 13.2. The summed E-state index contributed by atoms with van der Waals surface area (Å²) < 4.78 is 10.3. The van der Waals surface area contributed by atoms with Gasteiger partial charge in [-0.1, -0.05) is 38.0 Å². The van der Waals surface area contributed by atoms with E-state index >= 15 is 0 Å². The molecule has 0 aliphatic carbocycles. The van der Waals surface area contributed by atoms with Crippen LogP contribution in [0.4, 0.5) is 4.79 Å². The number of methoxy groups -OCH3 is 1. The molecule has 0 bridgehead atoms. The minimum absolute atomic E-state index is 0.267. The number of fused-ring (bicyclic) bond motifs is 1. The highest BCUT2D eigenvalue weighted by Gasteiger charge is 2.33. The molecule has 1 heterocycles. The Bertz CT molecular complexity index is 814. The van der Waals surface area contributed by atoms with Crippen molar-refractivity contribution in [1.82, 2.24) is 10.3 Å². The van der Waals surface area contributed by atoms with Gasteiger partial charge in [-0.3, -0.25) is 4.98 Å². The van der Waals surface area contributed by atoms with Crippen molar-refractivity contribution in [3.63, 3.8) is 0 Å². The van der Waals surface area contributed by atoms with Gasteiger partial charge >= 0.3 is 12.1 Å². The van der Waals surface area contributed by atoms with Crippen LogP contribution in [0, 0.1) is 0 Å². The van der Waals surface area contributed by atoms with Gasteiger partial charge in [0.25, 0.3) is 0 Å². The van der Waals surface area contributed by atoms with E-state index in [2.05, 4.69) is 17.2 Å². The van der Waals surface area contributed by atoms with Gasteiger partial charge in [0.15, 0.2) is 0 Å². The van der Waals surface area contributed by atoms with Crippen molar-refractivity contribution in [1.29, 1.82) is 0 Å². The van der Waals surface area contributed by atoms with E-state index in [0.717, 1.165) is 29.3 Å². The molecule has 0 saturated heterocycles. The van der Waals surface area contributed by atoms with Gasteiger partial charge in [0.1, 0.15) is 11.6 Å². The van der Waals surface area contributed by atoms with E-state index in [1.54, 1.807) is 27.0 Å². The van der Waals surface area contributed by atoms with E-state index < -0.39 is 23.7 Å². The van der Waals surface area contributed by atoms with Gasteiger partial charge in [-0.25, -0.2) is 9.59 Å². The second-order valence-electron chi connectivity index (χ2n) is 7.86. The van der Waals surface area contributed by atoms with Crippen LogP contribution in [0.2, 0.25) is 0 Å². The molecule has 0 spiro atoms. The highest BCUT2D eigenvalue weighted by Crippen LogP contribution is 2.29. The van der Waals surface area contributed by atoms with Crippen LogP contribution >= 0.6 is 0 Å². The van der Waals surface area contributed by atoms with E-state index in [9.17, 15) is 9.59 Å². The predicted molar refractivity (Wildman–Crippen MR) is 109 cm³/mol. The molecular weight excluding hydrogens is 356 g/mol. The summed E-state index contributed by atoms with van der Waals surface area (Å²) in [6.45, 7) is 7.43. The number of aromatic nitrogens is 1. The maximum atomic E-state index is 12.5. The van der Waals surface area contributed by atoms with Gasteiger partial charge in [0.2, 0.25) is 0 Å². The fraction of sp³-hybridized carbons (Fsp3) is 0.500. The van der Waals surface area contributed by atoms with Crippen molar-refractivity contribution in [2.75, 3.05) is 7.11 Å². The number of amides is 1. The third-order valence-corrected chi connectivity index (χ3v) is 4.44. The number of rotatable bonds is 7. The molecule has 6 heteroatoms. The van der Waals surface area contributed by atoms with E-state index in [0.29, 0.717) is 6.42 Å². The Kier molecular flexibility index (Phi) is 7.38.